The van der Waals surface area contributed by atoms with Gasteiger partial charge in [0, 0.05) is 13.1 Å². The summed E-state index contributed by atoms with van der Waals surface area (Å²) in [7, 11) is 0. The number of carboxylic acid groups (broad SMARTS) is 1. The summed E-state index contributed by atoms with van der Waals surface area (Å²) in [6.45, 7) is 1.69. The van der Waals surface area contributed by atoms with E-state index in [0.717, 1.165) is 44.3 Å². The molecule has 1 amide bonds. The van der Waals surface area contributed by atoms with Crippen LogP contribution in [0.25, 0.3) is 0 Å². The standard InChI is InChI=1S/C15H17NO3/c17-13(18)11-4-3-5-12(10-11)15(6-7-15)14(19)16-8-1-2-9-16/h3-5,10H,1-2,6-9H2,(H,17,18). The Kier molecular flexibility index (Phi) is 2.81. The lowest BCUT2D eigenvalue weighted by Gasteiger charge is -2.23. The van der Waals surface area contributed by atoms with Crippen LogP contribution in [0.1, 0.15) is 41.6 Å². The molecule has 2 aliphatic rings. The average molecular weight is 259 g/mol. The van der Waals surface area contributed by atoms with Gasteiger partial charge in [-0.25, -0.2) is 4.79 Å². The molecule has 1 aromatic rings. The summed E-state index contributed by atoms with van der Waals surface area (Å²) in [6.07, 6.45) is 3.84. The molecule has 0 radical (unpaired) electrons. The van der Waals surface area contributed by atoms with Gasteiger partial charge in [0.05, 0.1) is 11.0 Å². The molecule has 1 aliphatic carbocycles. The van der Waals surface area contributed by atoms with Crippen molar-refractivity contribution in [3.05, 3.63) is 35.4 Å². The summed E-state index contributed by atoms with van der Waals surface area (Å²) in [4.78, 5) is 25.6. The minimum atomic E-state index is -0.939. The number of hydrogen-bond donors (Lipinski definition) is 1. The minimum Gasteiger partial charge on any atom is -0.478 e. The van der Waals surface area contributed by atoms with Crippen LogP contribution in [0.3, 0.4) is 0 Å². The summed E-state index contributed by atoms with van der Waals surface area (Å²) in [5, 5.41) is 9.05. The smallest absolute Gasteiger partial charge is 0.335 e. The number of likely N-dealkylation sites (tertiary alicyclic amines) is 1. The molecule has 1 saturated carbocycles. The molecule has 0 spiro atoms. The molecule has 1 aliphatic heterocycles. The van der Waals surface area contributed by atoms with E-state index in [1.807, 2.05) is 11.0 Å². The maximum Gasteiger partial charge on any atom is 0.335 e. The molecule has 1 N–H and O–H groups in total. The van der Waals surface area contributed by atoms with Gasteiger partial charge < -0.3 is 10.0 Å². The van der Waals surface area contributed by atoms with Crippen molar-refractivity contribution in [2.45, 2.75) is 31.1 Å². The number of benzene rings is 1. The van der Waals surface area contributed by atoms with Gasteiger partial charge in [-0.1, -0.05) is 12.1 Å². The van der Waals surface area contributed by atoms with E-state index in [-0.39, 0.29) is 11.5 Å². The van der Waals surface area contributed by atoms with Crippen LogP contribution in [-0.4, -0.2) is 35.0 Å². The molecule has 1 saturated heterocycles. The fraction of sp³-hybridized carbons (Fsp3) is 0.467. The second-order valence-corrected chi connectivity index (χ2v) is 5.47. The van der Waals surface area contributed by atoms with E-state index in [1.165, 1.54) is 0 Å². The number of amides is 1. The van der Waals surface area contributed by atoms with Gasteiger partial charge in [-0.2, -0.15) is 0 Å². The summed E-state index contributed by atoms with van der Waals surface area (Å²) in [6, 6.07) is 6.84. The fourth-order valence-electron chi connectivity index (χ4n) is 2.92. The van der Waals surface area contributed by atoms with Gasteiger partial charge >= 0.3 is 5.97 Å². The number of hydrogen-bond acceptors (Lipinski definition) is 2. The van der Waals surface area contributed by atoms with Crippen LogP contribution in [0, 0.1) is 0 Å². The van der Waals surface area contributed by atoms with E-state index in [9.17, 15) is 9.59 Å². The topological polar surface area (TPSA) is 57.6 Å². The molecule has 0 atom stereocenters. The first-order chi connectivity index (χ1) is 9.13. The molecule has 1 heterocycles. The Morgan fingerprint density at radius 3 is 2.42 bits per heavy atom. The lowest BCUT2D eigenvalue weighted by atomic mass is 9.93. The van der Waals surface area contributed by atoms with E-state index >= 15 is 0 Å². The van der Waals surface area contributed by atoms with Gasteiger partial charge in [-0.05, 0) is 43.4 Å². The van der Waals surface area contributed by atoms with Crippen LogP contribution in [0.4, 0.5) is 0 Å². The van der Waals surface area contributed by atoms with Crippen LogP contribution in [0.2, 0.25) is 0 Å². The second kappa shape index (κ2) is 4.37. The van der Waals surface area contributed by atoms with Gasteiger partial charge in [-0.3, -0.25) is 4.79 Å². The number of carboxylic acids is 1. The second-order valence-electron chi connectivity index (χ2n) is 5.47. The molecule has 4 heteroatoms. The Bertz CT molecular complexity index is 528. The Morgan fingerprint density at radius 1 is 1.16 bits per heavy atom. The quantitative estimate of drug-likeness (QED) is 0.903. The van der Waals surface area contributed by atoms with Crippen LogP contribution in [-0.2, 0) is 10.2 Å². The zero-order valence-corrected chi connectivity index (χ0v) is 10.8. The third-order valence-electron chi connectivity index (χ3n) is 4.21. The van der Waals surface area contributed by atoms with Crippen molar-refractivity contribution in [2.24, 2.45) is 0 Å². The Labute approximate surface area is 112 Å². The lowest BCUT2D eigenvalue weighted by Crippen LogP contribution is -2.37. The highest BCUT2D eigenvalue weighted by Gasteiger charge is 2.53. The highest BCUT2D eigenvalue weighted by Crippen LogP contribution is 2.50. The lowest BCUT2D eigenvalue weighted by molar-refractivity contribution is -0.132. The highest BCUT2D eigenvalue weighted by molar-refractivity contribution is 5.93. The Morgan fingerprint density at radius 2 is 1.84 bits per heavy atom. The number of carbonyl (C=O) groups is 2. The van der Waals surface area contributed by atoms with Crippen LogP contribution >= 0.6 is 0 Å². The number of carbonyl (C=O) groups excluding carboxylic acids is 1. The van der Waals surface area contributed by atoms with Gasteiger partial charge in [0.25, 0.3) is 0 Å². The maximum atomic E-state index is 12.6. The number of aromatic carboxylic acids is 1. The molecule has 4 nitrogen and oxygen atoms in total. The van der Waals surface area contributed by atoms with Crippen molar-refractivity contribution in [2.75, 3.05) is 13.1 Å². The molecule has 3 rings (SSSR count). The zero-order valence-electron chi connectivity index (χ0n) is 10.8. The van der Waals surface area contributed by atoms with Crippen LogP contribution in [0.15, 0.2) is 24.3 Å². The number of rotatable bonds is 3. The normalized spacial score (nSPS) is 20.3. The first kappa shape index (κ1) is 12.2. The molecule has 1 aromatic carbocycles. The predicted molar refractivity (Wildman–Crippen MR) is 70.1 cm³/mol. The van der Waals surface area contributed by atoms with Crippen molar-refractivity contribution in [3.8, 4) is 0 Å². The first-order valence-electron chi connectivity index (χ1n) is 6.77. The van der Waals surface area contributed by atoms with Crippen molar-refractivity contribution < 1.29 is 14.7 Å². The third kappa shape index (κ3) is 2.01. The van der Waals surface area contributed by atoms with Crippen molar-refractivity contribution in [1.29, 1.82) is 0 Å². The average Bonchev–Trinajstić information content (AvgIpc) is 3.05. The highest BCUT2D eigenvalue weighted by atomic mass is 16.4. The molecule has 2 fully saturated rings. The molecular weight excluding hydrogens is 242 g/mol. The van der Waals surface area contributed by atoms with E-state index in [0.29, 0.717) is 0 Å². The first-order valence-corrected chi connectivity index (χ1v) is 6.77. The van der Waals surface area contributed by atoms with Gasteiger partial charge in [0.1, 0.15) is 0 Å². The Balaban J connectivity index is 1.90. The largest absolute Gasteiger partial charge is 0.478 e. The molecule has 0 bridgehead atoms. The summed E-state index contributed by atoms with van der Waals surface area (Å²) >= 11 is 0. The van der Waals surface area contributed by atoms with E-state index in [2.05, 4.69) is 0 Å². The van der Waals surface area contributed by atoms with Gasteiger partial charge in [-0.15, -0.1) is 0 Å². The molecule has 19 heavy (non-hydrogen) atoms. The van der Waals surface area contributed by atoms with E-state index in [1.54, 1.807) is 18.2 Å². The Hall–Kier alpha value is -1.84. The van der Waals surface area contributed by atoms with E-state index < -0.39 is 11.4 Å². The third-order valence-corrected chi connectivity index (χ3v) is 4.21. The van der Waals surface area contributed by atoms with Crippen molar-refractivity contribution >= 4 is 11.9 Å². The minimum absolute atomic E-state index is 0.188. The fourth-order valence-corrected chi connectivity index (χ4v) is 2.92. The maximum absolute atomic E-state index is 12.6. The van der Waals surface area contributed by atoms with Crippen molar-refractivity contribution in [1.82, 2.24) is 4.90 Å². The molecule has 0 unspecified atom stereocenters. The van der Waals surface area contributed by atoms with Gasteiger partial charge in [0.2, 0.25) is 5.91 Å². The van der Waals surface area contributed by atoms with Crippen LogP contribution < -0.4 is 0 Å². The predicted octanol–water partition coefficient (Wildman–Crippen LogP) is 2.04. The zero-order chi connectivity index (χ0) is 13.5. The van der Waals surface area contributed by atoms with Gasteiger partial charge in [0.15, 0.2) is 0 Å². The molecular formula is C15H17NO3. The van der Waals surface area contributed by atoms with Crippen molar-refractivity contribution in [3.63, 3.8) is 0 Å². The van der Waals surface area contributed by atoms with Crippen LogP contribution in [0.5, 0.6) is 0 Å². The monoisotopic (exact) mass is 259 g/mol. The summed E-state index contributed by atoms with van der Waals surface area (Å²) in [5.41, 5.74) is 0.692. The SMILES string of the molecule is O=C(O)c1cccc(C2(C(=O)N3CCCC3)CC2)c1. The van der Waals surface area contributed by atoms with E-state index in [4.69, 9.17) is 5.11 Å². The molecule has 0 aromatic heterocycles. The number of nitrogens with zero attached hydrogens (tertiary/aromatic N) is 1. The summed E-state index contributed by atoms with van der Waals surface area (Å²) < 4.78 is 0. The summed E-state index contributed by atoms with van der Waals surface area (Å²) in [5.74, 6) is -0.751. The molecule has 100 valence electrons.